The van der Waals surface area contributed by atoms with Gasteiger partial charge < -0.3 is 5.73 Å². The number of hydrogen-bond donors (Lipinski definition) is 1. The zero-order valence-corrected chi connectivity index (χ0v) is 10.1. The average Bonchev–Trinajstić information content (AvgIpc) is 2.34. The lowest BCUT2D eigenvalue weighted by Crippen LogP contribution is -2.19. The number of carbonyl (C=O) groups is 1. The largest absolute Gasteiger partial charge is 0.398 e. The third-order valence-electron chi connectivity index (χ3n) is 3.57. The maximum Gasteiger partial charge on any atom is 0.168 e. The summed E-state index contributed by atoms with van der Waals surface area (Å²) >= 11 is 0. The minimum Gasteiger partial charge on any atom is -0.398 e. The van der Waals surface area contributed by atoms with Crippen LogP contribution in [-0.4, -0.2) is 5.78 Å². The molecule has 0 saturated heterocycles. The fraction of sp³-hybridized carbons (Fsp3) is 0.500. The molecule has 1 saturated carbocycles. The van der Waals surface area contributed by atoms with E-state index in [1.54, 1.807) is 13.0 Å². The Morgan fingerprint density at radius 1 is 1.29 bits per heavy atom. The smallest absolute Gasteiger partial charge is 0.168 e. The Labute approximate surface area is 101 Å². The number of ketones is 1. The van der Waals surface area contributed by atoms with Gasteiger partial charge in [0.2, 0.25) is 0 Å². The van der Waals surface area contributed by atoms with Gasteiger partial charge in [-0.15, -0.1) is 0 Å². The van der Waals surface area contributed by atoms with Crippen molar-refractivity contribution in [3.05, 3.63) is 29.1 Å². The molecule has 0 bridgehead atoms. The van der Waals surface area contributed by atoms with E-state index in [0.717, 1.165) is 25.7 Å². The number of halogens is 1. The molecule has 2 N–H and O–H groups in total. The third-order valence-corrected chi connectivity index (χ3v) is 3.57. The Morgan fingerprint density at radius 3 is 2.59 bits per heavy atom. The summed E-state index contributed by atoms with van der Waals surface area (Å²) in [4.78, 5) is 12.2. The normalized spacial score (nSPS) is 17.1. The molecule has 0 atom stereocenters. The second-order valence-electron chi connectivity index (χ2n) is 4.89. The van der Waals surface area contributed by atoms with Crippen molar-refractivity contribution in [2.75, 3.05) is 5.73 Å². The molecule has 17 heavy (non-hydrogen) atoms. The summed E-state index contributed by atoms with van der Waals surface area (Å²) in [5.41, 5.74) is 7.06. The molecule has 1 aromatic carbocycles. The molecule has 1 fully saturated rings. The molecule has 92 valence electrons. The van der Waals surface area contributed by atoms with E-state index < -0.39 is 0 Å². The van der Waals surface area contributed by atoms with Gasteiger partial charge in [-0.05, 0) is 37.5 Å². The second kappa shape index (κ2) is 4.86. The summed E-state index contributed by atoms with van der Waals surface area (Å²) in [6, 6.07) is 2.84. The zero-order valence-electron chi connectivity index (χ0n) is 10.1. The maximum atomic E-state index is 13.5. The van der Waals surface area contributed by atoms with Gasteiger partial charge in [0.15, 0.2) is 5.78 Å². The van der Waals surface area contributed by atoms with Gasteiger partial charge in [0.1, 0.15) is 5.82 Å². The Kier molecular flexibility index (Phi) is 3.46. The molecule has 2 rings (SSSR count). The fourth-order valence-corrected chi connectivity index (χ4v) is 2.50. The van der Waals surface area contributed by atoms with Crippen LogP contribution >= 0.6 is 0 Å². The van der Waals surface area contributed by atoms with Crippen molar-refractivity contribution in [3.63, 3.8) is 0 Å². The Hall–Kier alpha value is -1.38. The van der Waals surface area contributed by atoms with Crippen LogP contribution in [0.3, 0.4) is 0 Å². The first-order valence-electron chi connectivity index (χ1n) is 6.19. The van der Waals surface area contributed by atoms with E-state index >= 15 is 0 Å². The highest BCUT2D eigenvalue weighted by molar-refractivity contribution is 6.02. The van der Waals surface area contributed by atoms with E-state index in [9.17, 15) is 9.18 Å². The number of benzene rings is 1. The molecule has 3 heteroatoms. The summed E-state index contributed by atoms with van der Waals surface area (Å²) in [7, 11) is 0. The Bertz CT molecular complexity index is 436. The van der Waals surface area contributed by atoms with E-state index in [4.69, 9.17) is 5.73 Å². The monoisotopic (exact) mass is 235 g/mol. The van der Waals surface area contributed by atoms with Gasteiger partial charge in [0.05, 0.1) is 0 Å². The van der Waals surface area contributed by atoms with Gasteiger partial charge in [-0.1, -0.05) is 19.3 Å². The molecule has 0 aliphatic heterocycles. The summed E-state index contributed by atoms with van der Waals surface area (Å²) in [6.07, 6.45) is 5.19. The van der Waals surface area contributed by atoms with Gasteiger partial charge >= 0.3 is 0 Å². The van der Waals surface area contributed by atoms with Crippen LogP contribution in [0.2, 0.25) is 0 Å². The first-order valence-corrected chi connectivity index (χ1v) is 6.19. The number of Topliss-reactive ketones (excluding diaryl/α,β-unsaturated/α-hetero) is 1. The number of hydrogen-bond acceptors (Lipinski definition) is 2. The van der Waals surface area contributed by atoms with Gasteiger partial charge in [0.25, 0.3) is 0 Å². The van der Waals surface area contributed by atoms with Crippen molar-refractivity contribution in [2.45, 2.75) is 39.0 Å². The van der Waals surface area contributed by atoms with E-state index in [-0.39, 0.29) is 17.5 Å². The number of nitrogen functional groups attached to an aromatic ring is 1. The lowest BCUT2D eigenvalue weighted by atomic mass is 9.83. The molecule has 1 aliphatic carbocycles. The lowest BCUT2D eigenvalue weighted by Gasteiger charge is -2.21. The number of anilines is 1. The van der Waals surface area contributed by atoms with Crippen LogP contribution in [0.25, 0.3) is 0 Å². The summed E-state index contributed by atoms with van der Waals surface area (Å²) in [5.74, 6) is -0.299. The standard InChI is InChI=1S/C14H18FNO/c1-9-7-13(16)11(8-12(9)15)14(17)10-5-3-2-4-6-10/h7-8,10H,2-6,16H2,1H3. The second-order valence-corrected chi connectivity index (χ2v) is 4.89. The van der Waals surface area contributed by atoms with Crippen molar-refractivity contribution in [1.29, 1.82) is 0 Å². The summed E-state index contributed by atoms with van der Waals surface area (Å²) in [5, 5.41) is 0. The van der Waals surface area contributed by atoms with Crippen molar-refractivity contribution in [2.24, 2.45) is 5.92 Å². The molecule has 0 unspecified atom stereocenters. The molecule has 0 heterocycles. The number of rotatable bonds is 2. The quantitative estimate of drug-likeness (QED) is 0.630. The average molecular weight is 235 g/mol. The maximum absolute atomic E-state index is 13.5. The van der Waals surface area contributed by atoms with Crippen molar-refractivity contribution in [3.8, 4) is 0 Å². The molecule has 1 aliphatic rings. The Balaban J connectivity index is 2.26. The zero-order chi connectivity index (χ0) is 12.4. The predicted octanol–water partition coefficient (Wildman–Crippen LogP) is 3.48. The highest BCUT2D eigenvalue weighted by atomic mass is 19.1. The number of carbonyl (C=O) groups excluding carboxylic acids is 1. The first kappa shape index (κ1) is 12.1. The molecule has 0 radical (unpaired) electrons. The van der Waals surface area contributed by atoms with Crippen LogP contribution in [0.5, 0.6) is 0 Å². The lowest BCUT2D eigenvalue weighted by molar-refractivity contribution is 0.0890. The fourth-order valence-electron chi connectivity index (χ4n) is 2.50. The van der Waals surface area contributed by atoms with Gasteiger partial charge in [-0.25, -0.2) is 4.39 Å². The number of nitrogens with two attached hydrogens (primary N) is 1. The molecule has 0 amide bonds. The summed E-state index contributed by atoms with van der Waals surface area (Å²) < 4.78 is 13.5. The molecule has 0 aromatic heterocycles. The minimum absolute atomic E-state index is 0.0149. The topological polar surface area (TPSA) is 43.1 Å². The van der Waals surface area contributed by atoms with E-state index in [0.29, 0.717) is 16.8 Å². The highest BCUT2D eigenvalue weighted by Crippen LogP contribution is 2.29. The van der Waals surface area contributed by atoms with Crippen LogP contribution in [0.1, 0.15) is 48.0 Å². The van der Waals surface area contributed by atoms with Gasteiger partial charge in [0, 0.05) is 17.2 Å². The molecule has 1 aromatic rings. The van der Waals surface area contributed by atoms with Gasteiger partial charge in [-0.3, -0.25) is 4.79 Å². The van der Waals surface area contributed by atoms with Crippen LogP contribution in [-0.2, 0) is 0 Å². The van der Waals surface area contributed by atoms with E-state index in [2.05, 4.69) is 0 Å². The first-order chi connectivity index (χ1) is 8.09. The minimum atomic E-state index is -0.349. The van der Waals surface area contributed by atoms with Crippen molar-refractivity contribution >= 4 is 11.5 Å². The van der Waals surface area contributed by atoms with E-state index in [1.807, 2.05) is 0 Å². The van der Waals surface area contributed by atoms with E-state index in [1.165, 1.54) is 12.5 Å². The van der Waals surface area contributed by atoms with Crippen LogP contribution in [0, 0.1) is 18.7 Å². The Morgan fingerprint density at radius 2 is 1.94 bits per heavy atom. The third kappa shape index (κ3) is 2.48. The molecular formula is C14H18FNO. The summed E-state index contributed by atoms with van der Waals surface area (Å²) in [6.45, 7) is 1.65. The molecular weight excluding hydrogens is 217 g/mol. The SMILES string of the molecule is Cc1cc(N)c(C(=O)C2CCCCC2)cc1F. The van der Waals surface area contributed by atoms with Crippen LogP contribution < -0.4 is 5.73 Å². The van der Waals surface area contributed by atoms with Crippen LogP contribution in [0.4, 0.5) is 10.1 Å². The van der Waals surface area contributed by atoms with Gasteiger partial charge in [-0.2, -0.15) is 0 Å². The predicted molar refractivity (Wildman–Crippen MR) is 66.5 cm³/mol. The van der Waals surface area contributed by atoms with Crippen molar-refractivity contribution < 1.29 is 9.18 Å². The van der Waals surface area contributed by atoms with Crippen LogP contribution in [0.15, 0.2) is 12.1 Å². The number of aryl methyl sites for hydroxylation is 1. The molecule has 2 nitrogen and oxygen atoms in total. The highest BCUT2D eigenvalue weighted by Gasteiger charge is 2.24. The molecule has 0 spiro atoms. The van der Waals surface area contributed by atoms with Crippen molar-refractivity contribution in [1.82, 2.24) is 0 Å².